The van der Waals surface area contributed by atoms with Crippen molar-refractivity contribution in [3.63, 3.8) is 0 Å². The molecule has 2 aliphatic rings. The van der Waals surface area contributed by atoms with Gasteiger partial charge in [0.05, 0.1) is 17.0 Å². The van der Waals surface area contributed by atoms with E-state index in [0.717, 1.165) is 31.4 Å². The monoisotopic (exact) mass is 427 g/mol. The number of benzene rings is 2. The van der Waals surface area contributed by atoms with Gasteiger partial charge in [0.1, 0.15) is 0 Å². The summed E-state index contributed by atoms with van der Waals surface area (Å²) in [5.41, 5.74) is 1.77. The lowest BCUT2D eigenvalue weighted by Crippen LogP contribution is -2.54. The van der Waals surface area contributed by atoms with Crippen molar-refractivity contribution in [1.29, 1.82) is 0 Å². The molecule has 2 amide bonds. The zero-order valence-corrected chi connectivity index (χ0v) is 18.6. The van der Waals surface area contributed by atoms with Crippen molar-refractivity contribution in [3.05, 3.63) is 60.2 Å². The Kier molecular flexibility index (Phi) is 5.14. The molecule has 30 heavy (non-hydrogen) atoms. The highest BCUT2D eigenvalue weighted by Crippen LogP contribution is 2.46. The molecular formula is C23H29N3O3S. The molecule has 1 saturated carbocycles. The smallest absolute Gasteiger partial charge is 0.322 e. The maximum atomic E-state index is 12.8. The highest BCUT2D eigenvalue weighted by atomic mass is 32.2. The normalized spacial score (nSPS) is 26.9. The number of anilines is 1. The predicted octanol–water partition coefficient (Wildman–Crippen LogP) is 3.39. The lowest BCUT2D eigenvalue weighted by molar-refractivity contribution is 0.0658. The first kappa shape index (κ1) is 20.9. The van der Waals surface area contributed by atoms with Crippen LogP contribution in [0.1, 0.15) is 31.2 Å². The van der Waals surface area contributed by atoms with Crippen molar-refractivity contribution in [2.75, 3.05) is 31.8 Å². The van der Waals surface area contributed by atoms with E-state index in [9.17, 15) is 13.2 Å². The van der Waals surface area contributed by atoms with Crippen molar-refractivity contribution < 1.29 is 13.2 Å². The fourth-order valence-electron chi connectivity index (χ4n) is 4.96. The molecular weight excluding hydrogens is 398 g/mol. The van der Waals surface area contributed by atoms with E-state index in [1.54, 1.807) is 29.2 Å². The second-order valence-corrected chi connectivity index (χ2v) is 10.9. The summed E-state index contributed by atoms with van der Waals surface area (Å²) in [5.74, 6) is 0. The van der Waals surface area contributed by atoms with Crippen LogP contribution in [0, 0.1) is 0 Å². The molecule has 160 valence electrons. The SMILES string of the molecule is CN(C)C1(c2ccccc2)CCC2(CC1)CN(c1ccc(S(C)(=O)=O)cc1)C(=O)N2. The average molecular weight is 428 g/mol. The Labute approximate surface area is 178 Å². The first-order valence-corrected chi connectivity index (χ1v) is 12.2. The van der Waals surface area contributed by atoms with Gasteiger partial charge in [-0.3, -0.25) is 9.80 Å². The van der Waals surface area contributed by atoms with E-state index in [2.05, 4.69) is 48.6 Å². The number of sulfone groups is 1. The second-order valence-electron chi connectivity index (χ2n) is 8.85. The summed E-state index contributed by atoms with van der Waals surface area (Å²) >= 11 is 0. The number of carbonyl (C=O) groups is 1. The van der Waals surface area contributed by atoms with Crippen LogP contribution in [0.15, 0.2) is 59.5 Å². The van der Waals surface area contributed by atoms with Crippen molar-refractivity contribution in [1.82, 2.24) is 10.2 Å². The maximum Gasteiger partial charge on any atom is 0.322 e. The number of nitrogens with zero attached hydrogens (tertiary/aromatic N) is 2. The molecule has 0 atom stereocenters. The van der Waals surface area contributed by atoms with Crippen LogP contribution in [-0.4, -0.2) is 51.8 Å². The molecule has 6 nitrogen and oxygen atoms in total. The predicted molar refractivity (Wildman–Crippen MR) is 118 cm³/mol. The molecule has 1 N–H and O–H groups in total. The summed E-state index contributed by atoms with van der Waals surface area (Å²) in [6.45, 7) is 0.600. The lowest BCUT2D eigenvalue weighted by atomic mass is 9.69. The molecule has 4 rings (SSSR count). The van der Waals surface area contributed by atoms with Gasteiger partial charge < -0.3 is 5.32 Å². The number of hydrogen-bond acceptors (Lipinski definition) is 4. The highest BCUT2D eigenvalue weighted by Gasteiger charge is 2.50. The van der Waals surface area contributed by atoms with E-state index in [4.69, 9.17) is 0 Å². The molecule has 0 unspecified atom stereocenters. The Morgan fingerprint density at radius 2 is 1.53 bits per heavy atom. The van der Waals surface area contributed by atoms with Crippen LogP contribution in [0.25, 0.3) is 0 Å². The van der Waals surface area contributed by atoms with E-state index in [1.165, 1.54) is 11.8 Å². The van der Waals surface area contributed by atoms with E-state index in [0.29, 0.717) is 6.54 Å². The van der Waals surface area contributed by atoms with Gasteiger partial charge in [-0.2, -0.15) is 0 Å². The summed E-state index contributed by atoms with van der Waals surface area (Å²) in [4.78, 5) is 17.1. The molecule has 2 fully saturated rings. The van der Waals surface area contributed by atoms with Crippen LogP contribution in [-0.2, 0) is 15.4 Å². The summed E-state index contributed by atoms with van der Waals surface area (Å²) < 4.78 is 23.4. The number of urea groups is 1. The van der Waals surface area contributed by atoms with Crippen LogP contribution in [0.5, 0.6) is 0 Å². The standard InChI is InChI=1S/C23H29N3O3S/c1-25(2)23(18-7-5-4-6-8-18)15-13-22(14-16-23)17-26(21(27)24-22)19-9-11-20(12-10-19)30(3,28)29/h4-12H,13-17H2,1-3H3,(H,24,27). The summed E-state index contributed by atoms with van der Waals surface area (Å²) in [6.07, 6.45) is 4.90. The molecule has 7 heteroatoms. The second kappa shape index (κ2) is 7.39. The largest absolute Gasteiger partial charge is 0.330 e. The maximum absolute atomic E-state index is 12.8. The lowest BCUT2D eigenvalue weighted by Gasteiger charge is -2.48. The molecule has 1 aliphatic carbocycles. The molecule has 0 radical (unpaired) electrons. The van der Waals surface area contributed by atoms with Gasteiger partial charge >= 0.3 is 6.03 Å². The third-order valence-corrected chi connectivity index (χ3v) is 7.98. The number of carbonyl (C=O) groups excluding carboxylic acids is 1. The number of amides is 2. The third kappa shape index (κ3) is 3.61. The number of nitrogens with one attached hydrogen (secondary N) is 1. The Morgan fingerprint density at radius 1 is 0.933 bits per heavy atom. The van der Waals surface area contributed by atoms with Crippen molar-refractivity contribution in [2.45, 2.75) is 41.7 Å². The zero-order valence-electron chi connectivity index (χ0n) is 17.8. The van der Waals surface area contributed by atoms with Gasteiger partial charge in [-0.05, 0) is 69.6 Å². The Bertz CT molecular complexity index is 1030. The van der Waals surface area contributed by atoms with Crippen molar-refractivity contribution in [3.8, 4) is 0 Å². The van der Waals surface area contributed by atoms with Gasteiger partial charge in [-0.1, -0.05) is 30.3 Å². The summed E-state index contributed by atoms with van der Waals surface area (Å²) in [5, 5.41) is 3.24. The molecule has 1 saturated heterocycles. The fraction of sp³-hybridized carbons (Fsp3) is 0.435. The topological polar surface area (TPSA) is 69.7 Å². The first-order valence-electron chi connectivity index (χ1n) is 10.3. The van der Waals surface area contributed by atoms with Crippen LogP contribution in [0.3, 0.4) is 0 Å². The van der Waals surface area contributed by atoms with Crippen LogP contribution in [0.2, 0.25) is 0 Å². The van der Waals surface area contributed by atoms with Crippen LogP contribution in [0.4, 0.5) is 10.5 Å². The van der Waals surface area contributed by atoms with Crippen LogP contribution >= 0.6 is 0 Å². The Morgan fingerprint density at radius 3 is 2.07 bits per heavy atom. The fourth-order valence-corrected chi connectivity index (χ4v) is 5.59. The Balaban J connectivity index is 1.53. The van der Waals surface area contributed by atoms with Crippen molar-refractivity contribution in [2.24, 2.45) is 0 Å². The highest BCUT2D eigenvalue weighted by molar-refractivity contribution is 7.90. The van der Waals surface area contributed by atoms with Gasteiger partial charge in [0.25, 0.3) is 0 Å². The molecule has 0 bridgehead atoms. The van der Waals surface area contributed by atoms with E-state index in [1.807, 2.05) is 6.07 Å². The van der Waals surface area contributed by atoms with Crippen LogP contribution < -0.4 is 10.2 Å². The van der Waals surface area contributed by atoms with E-state index >= 15 is 0 Å². The van der Waals surface area contributed by atoms with Gasteiger partial charge in [0.15, 0.2) is 9.84 Å². The number of hydrogen-bond donors (Lipinski definition) is 1. The minimum atomic E-state index is -3.25. The average Bonchev–Trinajstić information content (AvgIpc) is 3.04. The molecule has 1 heterocycles. The first-order chi connectivity index (χ1) is 14.2. The number of rotatable bonds is 4. The molecule has 1 spiro atoms. The van der Waals surface area contributed by atoms with Crippen molar-refractivity contribution >= 4 is 21.6 Å². The molecule has 1 aliphatic heterocycles. The van der Waals surface area contributed by atoms with Gasteiger partial charge in [-0.15, -0.1) is 0 Å². The Hall–Kier alpha value is -2.38. The van der Waals surface area contributed by atoms with Gasteiger partial charge in [0.2, 0.25) is 0 Å². The van der Waals surface area contributed by atoms with Gasteiger partial charge in [-0.25, -0.2) is 13.2 Å². The summed E-state index contributed by atoms with van der Waals surface area (Å²) in [6, 6.07) is 17.1. The molecule has 2 aromatic carbocycles. The van der Waals surface area contributed by atoms with Gasteiger partial charge in [0, 0.05) is 17.5 Å². The molecule has 0 aromatic heterocycles. The quantitative estimate of drug-likeness (QED) is 0.812. The minimum Gasteiger partial charge on any atom is -0.330 e. The minimum absolute atomic E-state index is 0.0260. The zero-order chi connectivity index (χ0) is 21.6. The summed E-state index contributed by atoms with van der Waals surface area (Å²) in [7, 11) is 1.01. The third-order valence-electron chi connectivity index (χ3n) is 6.86. The van der Waals surface area contributed by atoms with E-state index in [-0.39, 0.29) is 22.0 Å². The van der Waals surface area contributed by atoms with E-state index < -0.39 is 9.84 Å². The molecule has 2 aromatic rings.